The maximum atomic E-state index is 11.8. The van der Waals surface area contributed by atoms with Crippen LogP contribution in [0.5, 0.6) is 0 Å². The molecule has 17 heavy (non-hydrogen) atoms. The van der Waals surface area contributed by atoms with Crippen LogP contribution in [-0.4, -0.2) is 35.0 Å². The number of rotatable bonds is 8. The van der Waals surface area contributed by atoms with E-state index >= 15 is 0 Å². The van der Waals surface area contributed by atoms with Crippen LogP contribution >= 0.6 is 0 Å². The Morgan fingerprint density at radius 3 is 2.76 bits per heavy atom. The van der Waals surface area contributed by atoms with E-state index in [-0.39, 0.29) is 11.5 Å². The molecule has 0 spiro atoms. The van der Waals surface area contributed by atoms with Crippen molar-refractivity contribution in [1.82, 2.24) is 0 Å². The molecule has 0 aliphatic carbocycles. The highest BCUT2D eigenvalue weighted by molar-refractivity contribution is 7.85. The Balaban J connectivity index is 2.04. The fourth-order valence-electron chi connectivity index (χ4n) is 2.04. The molecule has 4 heteroatoms. The van der Waals surface area contributed by atoms with Crippen molar-refractivity contribution >= 4 is 10.8 Å². The van der Waals surface area contributed by atoms with E-state index in [9.17, 15) is 4.21 Å². The summed E-state index contributed by atoms with van der Waals surface area (Å²) in [7, 11) is -0.696. The van der Waals surface area contributed by atoms with Gasteiger partial charge in [0.25, 0.3) is 0 Å². The molecule has 1 saturated heterocycles. The summed E-state index contributed by atoms with van der Waals surface area (Å²) >= 11 is 0. The van der Waals surface area contributed by atoms with Gasteiger partial charge in [-0.2, -0.15) is 0 Å². The minimum absolute atomic E-state index is 0.232. The SMILES string of the molecule is CC(C)(CN)CCCCS(=O)CC1CCCO1. The molecule has 1 heterocycles. The smallest absolute Gasteiger partial charge is 0.0691 e. The molecule has 1 aliphatic heterocycles. The molecule has 0 aromatic carbocycles. The average molecular weight is 261 g/mol. The van der Waals surface area contributed by atoms with Crippen molar-refractivity contribution in [3.63, 3.8) is 0 Å². The molecule has 3 nitrogen and oxygen atoms in total. The van der Waals surface area contributed by atoms with Crippen LogP contribution in [0.4, 0.5) is 0 Å². The van der Waals surface area contributed by atoms with Crippen LogP contribution in [0, 0.1) is 5.41 Å². The maximum absolute atomic E-state index is 11.8. The second-order valence-corrected chi connectivity index (χ2v) is 7.39. The predicted octanol–water partition coefficient (Wildman–Crippen LogP) is 2.07. The molecular weight excluding hydrogens is 234 g/mol. The summed E-state index contributed by atoms with van der Waals surface area (Å²) in [5, 5.41) is 0. The number of nitrogens with two attached hydrogens (primary N) is 1. The van der Waals surface area contributed by atoms with Crippen molar-refractivity contribution in [1.29, 1.82) is 0 Å². The van der Waals surface area contributed by atoms with E-state index < -0.39 is 10.8 Å². The minimum atomic E-state index is -0.696. The second kappa shape index (κ2) is 7.49. The van der Waals surface area contributed by atoms with E-state index in [0.29, 0.717) is 0 Å². The van der Waals surface area contributed by atoms with Crippen molar-refractivity contribution in [2.45, 2.75) is 52.1 Å². The Hall–Kier alpha value is 0.0700. The van der Waals surface area contributed by atoms with Gasteiger partial charge in [-0.15, -0.1) is 0 Å². The molecule has 2 unspecified atom stereocenters. The van der Waals surface area contributed by atoms with E-state index in [1.807, 2.05) is 0 Å². The van der Waals surface area contributed by atoms with Crippen LogP contribution in [0.25, 0.3) is 0 Å². The van der Waals surface area contributed by atoms with Gasteiger partial charge in [0.05, 0.1) is 6.10 Å². The summed E-state index contributed by atoms with van der Waals surface area (Å²) in [5.41, 5.74) is 5.91. The van der Waals surface area contributed by atoms with Gasteiger partial charge < -0.3 is 10.5 Å². The van der Waals surface area contributed by atoms with Gasteiger partial charge in [0, 0.05) is 28.9 Å². The predicted molar refractivity (Wildman–Crippen MR) is 73.5 cm³/mol. The zero-order valence-corrected chi connectivity index (χ0v) is 12.1. The molecule has 102 valence electrons. The summed E-state index contributed by atoms with van der Waals surface area (Å²) in [6.07, 6.45) is 5.78. The van der Waals surface area contributed by atoms with Gasteiger partial charge in [0.1, 0.15) is 0 Å². The number of hydrogen-bond donors (Lipinski definition) is 1. The standard InChI is InChI=1S/C13H27NO2S/c1-13(2,11-14)7-3-4-9-17(15)10-12-6-5-8-16-12/h12H,3-11,14H2,1-2H3. The lowest BCUT2D eigenvalue weighted by atomic mass is 9.88. The highest BCUT2D eigenvalue weighted by atomic mass is 32.2. The molecule has 1 aliphatic rings. The van der Waals surface area contributed by atoms with Crippen LogP contribution in [-0.2, 0) is 15.5 Å². The van der Waals surface area contributed by atoms with Crippen molar-refractivity contribution in [3.8, 4) is 0 Å². The molecule has 0 radical (unpaired) electrons. The van der Waals surface area contributed by atoms with E-state index in [4.69, 9.17) is 10.5 Å². The summed E-state index contributed by atoms with van der Waals surface area (Å²) in [4.78, 5) is 0. The maximum Gasteiger partial charge on any atom is 0.0691 e. The molecule has 1 fully saturated rings. The molecular formula is C13H27NO2S. The normalized spacial score (nSPS) is 22.9. The van der Waals surface area contributed by atoms with Gasteiger partial charge in [-0.05, 0) is 37.6 Å². The lowest BCUT2D eigenvalue weighted by Crippen LogP contribution is -2.23. The van der Waals surface area contributed by atoms with E-state index in [1.54, 1.807) is 0 Å². The monoisotopic (exact) mass is 261 g/mol. The summed E-state index contributed by atoms with van der Waals surface area (Å²) < 4.78 is 17.3. The Morgan fingerprint density at radius 1 is 1.41 bits per heavy atom. The first kappa shape index (κ1) is 15.1. The number of hydrogen-bond acceptors (Lipinski definition) is 3. The van der Waals surface area contributed by atoms with E-state index in [1.165, 1.54) is 0 Å². The Kier molecular flexibility index (Phi) is 6.67. The van der Waals surface area contributed by atoms with Crippen molar-refractivity contribution in [2.75, 3.05) is 24.7 Å². The largest absolute Gasteiger partial charge is 0.377 e. The lowest BCUT2D eigenvalue weighted by molar-refractivity contribution is 0.128. The van der Waals surface area contributed by atoms with Gasteiger partial charge in [0.15, 0.2) is 0 Å². The Bertz CT molecular complexity index is 238. The number of ether oxygens (including phenoxy) is 1. The second-order valence-electron chi connectivity index (χ2n) is 5.77. The van der Waals surface area contributed by atoms with Crippen molar-refractivity contribution in [3.05, 3.63) is 0 Å². The van der Waals surface area contributed by atoms with Crippen LogP contribution in [0.15, 0.2) is 0 Å². The fourth-order valence-corrected chi connectivity index (χ4v) is 3.41. The van der Waals surface area contributed by atoms with Crippen LogP contribution in [0.2, 0.25) is 0 Å². The van der Waals surface area contributed by atoms with Crippen LogP contribution in [0.3, 0.4) is 0 Å². The van der Waals surface area contributed by atoms with Crippen molar-refractivity contribution < 1.29 is 8.95 Å². The van der Waals surface area contributed by atoms with Crippen LogP contribution in [0.1, 0.15) is 46.0 Å². The summed E-state index contributed by atoms with van der Waals surface area (Å²) in [6.45, 7) is 5.96. The van der Waals surface area contributed by atoms with Gasteiger partial charge >= 0.3 is 0 Å². The third kappa shape index (κ3) is 6.53. The first-order valence-corrected chi connectivity index (χ1v) is 8.19. The fraction of sp³-hybridized carbons (Fsp3) is 1.00. The molecule has 0 bridgehead atoms. The molecule has 0 aromatic heterocycles. The topological polar surface area (TPSA) is 52.3 Å². The molecule has 1 rings (SSSR count). The molecule has 0 aromatic rings. The third-order valence-electron chi connectivity index (χ3n) is 3.42. The summed E-state index contributed by atoms with van der Waals surface area (Å²) in [5.74, 6) is 1.56. The van der Waals surface area contributed by atoms with E-state index in [0.717, 1.165) is 56.8 Å². The molecule has 0 saturated carbocycles. The molecule has 2 atom stereocenters. The zero-order chi connectivity index (χ0) is 12.7. The lowest BCUT2D eigenvalue weighted by Gasteiger charge is -2.21. The summed E-state index contributed by atoms with van der Waals surface area (Å²) in [6, 6.07) is 0. The third-order valence-corrected chi connectivity index (χ3v) is 4.91. The van der Waals surface area contributed by atoms with E-state index in [2.05, 4.69) is 13.8 Å². The zero-order valence-electron chi connectivity index (χ0n) is 11.2. The molecule has 0 amide bonds. The first-order chi connectivity index (χ1) is 8.03. The highest BCUT2D eigenvalue weighted by Crippen LogP contribution is 2.21. The average Bonchev–Trinajstić information content (AvgIpc) is 2.77. The number of unbranched alkanes of at least 4 members (excludes halogenated alkanes) is 1. The van der Waals surface area contributed by atoms with Crippen LogP contribution < -0.4 is 5.73 Å². The Morgan fingerprint density at radius 2 is 2.18 bits per heavy atom. The van der Waals surface area contributed by atoms with Gasteiger partial charge in [0.2, 0.25) is 0 Å². The van der Waals surface area contributed by atoms with Gasteiger partial charge in [-0.3, -0.25) is 4.21 Å². The Labute approximate surface area is 108 Å². The van der Waals surface area contributed by atoms with Crippen molar-refractivity contribution in [2.24, 2.45) is 11.1 Å². The van der Waals surface area contributed by atoms with Gasteiger partial charge in [-0.25, -0.2) is 0 Å². The minimum Gasteiger partial charge on any atom is -0.377 e. The first-order valence-electron chi connectivity index (χ1n) is 6.70. The molecule has 2 N–H and O–H groups in total. The van der Waals surface area contributed by atoms with Gasteiger partial charge in [-0.1, -0.05) is 20.3 Å². The highest BCUT2D eigenvalue weighted by Gasteiger charge is 2.18. The quantitative estimate of drug-likeness (QED) is 0.681.